The Bertz CT molecular complexity index is 302. The van der Waals surface area contributed by atoms with Gasteiger partial charge in [-0.3, -0.25) is 0 Å². The standard InChI is InChI=1S/C14H29N4O2.2H2O.O.Tc/c1-5-13(11(3)17-19)15-9-7-8-10-16-14(6-2)12(4)18-20;;;;/h13-15,19-20H,5-10H2,1-4H3;2*1H2;;/q-1;;;;+2/b17-11+,18-12+;;;;. The Morgan fingerprint density at radius 3 is 2.00 bits per heavy atom. The summed E-state index contributed by atoms with van der Waals surface area (Å²) in [5, 5.41) is 31.8. The number of nitrogens with zero attached hydrogens (tertiary/aromatic N) is 3. The van der Waals surface area contributed by atoms with Crippen LogP contribution < -0.4 is 5.32 Å². The van der Waals surface area contributed by atoms with E-state index in [1.165, 1.54) is 0 Å². The molecule has 0 aliphatic heterocycles. The van der Waals surface area contributed by atoms with E-state index in [1.807, 2.05) is 13.8 Å². The quantitative estimate of drug-likeness (QED) is 0.192. The Balaban J connectivity index is -0.000000480. The minimum atomic E-state index is 0. The summed E-state index contributed by atoms with van der Waals surface area (Å²) in [7, 11) is 0. The fourth-order valence-corrected chi connectivity index (χ4v) is 2.04. The van der Waals surface area contributed by atoms with Crippen molar-refractivity contribution in [2.24, 2.45) is 10.3 Å². The minimum absolute atomic E-state index is 0. The zero-order valence-corrected chi connectivity index (χ0v) is 16.8. The van der Waals surface area contributed by atoms with Gasteiger partial charge in [-0.05, 0) is 33.2 Å². The molecule has 0 aliphatic carbocycles. The van der Waals surface area contributed by atoms with Crippen molar-refractivity contribution in [3.05, 3.63) is 5.32 Å². The number of unbranched alkanes of at least 4 members (excludes halogenated alkanes) is 1. The van der Waals surface area contributed by atoms with E-state index in [9.17, 15) is 0 Å². The molecule has 0 saturated carbocycles. The van der Waals surface area contributed by atoms with E-state index in [0.29, 0.717) is 5.71 Å². The molecule has 10 heteroatoms. The summed E-state index contributed by atoms with van der Waals surface area (Å²) in [4.78, 5) is 0. The van der Waals surface area contributed by atoms with Crippen molar-refractivity contribution in [3.8, 4) is 0 Å². The summed E-state index contributed by atoms with van der Waals surface area (Å²) >= 11 is 0.900. The molecule has 0 fully saturated rings. The molecule has 0 radical (unpaired) electrons. The normalized spacial score (nSPS) is 13.6. The topological polar surface area (TPSA) is 171 Å². The van der Waals surface area contributed by atoms with Crippen LogP contribution in [0.15, 0.2) is 10.3 Å². The van der Waals surface area contributed by atoms with Gasteiger partial charge < -0.3 is 32.0 Å². The molecule has 2 unspecified atom stereocenters. The molecule has 0 aromatic carbocycles. The zero-order valence-electron chi connectivity index (χ0n) is 14.9. The van der Waals surface area contributed by atoms with Gasteiger partial charge in [0.15, 0.2) is 0 Å². The van der Waals surface area contributed by atoms with E-state index in [2.05, 4.69) is 27.9 Å². The first-order chi connectivity index (χ1) is 10.6. The average Bonchev–Trinajstić information content (AvgIpc) is 2.58. The van der Waals surface area contributed by atoms with Crippen molar-refractivity contribution in [1.82, 2.24) is 5.32 Å². The summed E-state index contributed by atoms with van der Waals surface area (Å²) in [6.07, 6.45) is 3.78. The molecule has 0 amide bonds. The van der Waals surface area contributed by atoms with Crippen LogP contribution in [0.5, 0.6) is 0 Å². The van der Waals surface area contributed by atoms with E-state index in [0.717, 1.165) is 63.3 Å². The van der Waals surface area contributed by atoms with E-state index in [1.54, 1.807) is 6.92 Å². The molecule has 9 nitrogen and oxygen atoms in total. The molecule has 0 rings (SSSR count). The van der Waals surface area contributed by atoms with Crippen LogP contribution in [0.2, 0.25) is 0 Å². The maximum atomic E-state index is 8.74. The van der Waals surface area contributed by atoms with Crippen molar-refractivity contribution < 1.29 is 43.7 Å². The molecule has 2 atom stereocenters. The number of hydrogen-bond acceptors (Lipinski definition) is 6. The summed E-state index contributed by atoms with van der Waals surface area (Å²) < 4.78 is 8.22. The third kappa shape index (κ3) is 14.8. The first-order valence-electron chi connectivity index (χ1n) is 7.53. The van der Waals surface area contributed by atoms with Crippen molar-refractivity contribution in [2.75, 3.05) is 13.1 Å². The predicted octanol–water partition coefficient (Wildman–Crippen LogP) is 1.22. The Hall–Kier alpha value is -0.771. The first kappa shape index (κ1) is 31.0. The fraction of sp³-hybridized carbons (Fsp3) is 0.857. The van der Waals surface area contributed by atoms with Crippen LogP contribution in [0.25, 0.3) is 5.32 Å². The molecule has 24 heavy (non-hydrogen) atoms. The number of rotatable bonds is 11. The second-order valence-corrected chi connectivity index (χ2v) is 4.94. The Morgan fingerprint density at radius 2 is 1.58 bits per heavy atom. The fourth-order valence-electron chi connectivity index (χ4n) is 2.04. The monoisotopic (exact) mass is 434 g/mol. The molecular formula is C14H33N4O5Tc+. The molecule has 0 bridgehead atoms. The number of nitrogens with one attached hydrogen (secondary N) is 1. The van der Waals surface area contributed by atoms with Gasteiger partial charge in [-0.25, -0.2) is 0 Å². The summed E-state index contributed by atoms with van der Waals surface area (Å²) in [5.74, 6) is 0. The van der Waals surface area contributed by atoms with Gasteiger partial charge in [-0.1, -0.05) is 37.9 Å². The van der Waals surface area contributed by atoms with Crippen LogP contribution in [0.1, 0.15) is 53.4 Å². The third-order valence-corrected chi connectivity index (χ3v) is 3.42. The van der Waals surface area contributed by atoms with Crippen LogP contribution in [0, 0.1) is 0 Å². The van der Waals surface area contributed by atoms with Gasteiger partial charge >= 0.3 is 22.4 Å². The van der Waals surface area contributed by atoms with Crippen LogP contribution >= 0.6 is 0 Å². The van der Waals surface area contributed by atoms with Crippen LogP contribution in [0.4, 0.5) is 0 Å². The van der Waals surface area contributed by atoms with Crippen LogP contribution in [-0.4, -0.2) is 58.0 Å². The summed E-state index contributed by atoms with van der Waals surface area (Å²) in [5.41, 5.74) is 1.39. The van der Waals surface area contributed by atoms with Crippen LogP contribution in [-0.2, 0) is 22.4 Å². The SMILES string of the molecule is CCC([N-]CCCCNC(CC)/C(C)=N/O)/C(C)=N/O.O.O.[O]=[Tc+2]. The molecule has 0 heterocycles. The van der Waals surface area contributed by atoms with Crippen LogP contribution in [0.3, 0.4) is 0 Å². The van der Waals surface area contributed by atoms with Gasteiger partial charge in [0.2, 0.25) is 0 Å². The van der Waals surface area contributed by atoms with Crippen molar-refractivity contribution in [2.45, 2.75) is 65.5 Å². The molecule has 7 N–H and O–H groups in total. The van der Waals surface area contributed by atoms with Crippen molar-refractivity contribution >= 4 is 11.4 Å². The van der Waals surface area contributed by atoms with Gasteiger partial charge in [0.1, 0.15) is 0 Å². The molecule has 0 spiro atoms. The third-order valence-electron chi connectivity index (χ3n) is 3.42. The maximum absolute atomic E-state index is 8.74. The number of oxime groups is 2. The molecule has 0 saturated heterocycles. The second kappa shape index (κ2) is 22.2. The van der Waals surface area contributed by atoms with Gasteiger partial charge in [0.05, 0.1) is 5.71 Å². The van der Waals surface area contributed by atoms with Crippen molar-refractivity contribution in [1.29, 1.82) is 0 Å². The summed E-state index contributed by atoms with van der Waals surface area (Å²) in [6, 6.07) is 0.171. The van der Waals surface area contributed by atoms with E-state index >= 15 is 0 Å². The van der Waals surface area contributed by atoms with Gasteiger partial charge in [-0.2, -0.15) is 0 Å². The van der Waals surface area contributed by atoms with Gasteiger partial charge in [0.25, 0.3) is 0 Å². The van der Waals surface area contributed by atoms with E-state index in [4.69, 9.17) is 13.9 Å². The molecule has 145 valence electrons. The van der Waals surface area contributed by atoms with Crippen molar-refractivity contribution in [3.63, 3.8) is 0 Å². The molecule has 0 aliphatic rings. The first-order valence-corrected chi connectivity index (χ1v) is 8.28. The molecule has 0 aromatic rings. The Labute approximate surface area is 155 Å². The summed E-state index contributed by atoms with van der Waals surface area (Å²) in [6.45, 7) is 9.36. The van der Waals surface area contributed by atoms with Gasteiger partial charge in [0, 0.05) is 11.8 Å². The average molecular weight is 435 g/mol. The second-order valence-electron chi connectivity index (χ2n) is 4.94. The molecule has 0 aromatic heterocycles. The zero-order chi connectivity index (χ0) is 17.4. The Morgan fingerprint density at radius 1 is 1.04 bits per heavy atom. The molecular weight excluding hydrogens is 402 g/mol. The Kier molecular flexibility index (Phi) is 28.8. The van der Waals surface area contributed by atoms with E-state index in [-0.39, 0.29) is 23.0 Å². The van der Waals surface area contributed by atoms with E-state index < -0.39 is 0 Å². The number of hydrogen-bond donors (Lipinski definition) is 3. The predicted molar refractivity (Wildman–Crippen MR) is 91.3 cm³/mol. The van der Waals surface area contributed by atoms with Gasteiger partial charge in [-0.15, -0.1) is 11.7 Å².